The van der Waals surface area contributed by atoms with E-state index < -0.39 is 0 Å². The summed E-state index contributed by atoms with van der Waals surface area (Å²) in [5, 5.41) is 0. The lowest BCUT2D eigenvalue weighted by Gasteiger charge is -2.17. The Labute approximate surface area is 105 Å². The van der Waals surface area contributed by atoms with Crippen molar-refractivity contribution in [2.24, 2.45) is 5.73 Å². The number of nitrogens with two attached hydrogens (primary N) is 1. The largest absolute Gasteiger partial charge is 0.315 e. The maximum Gasteiger partial charge on any atom is 0.0602 e. The Bertz CT molecular complexity index is 406. The van der Waals surface area contributed by atoms with Crippen molar-refractivity contribution in [1.82, 2.24) is 4.90 Å². The molecule has 1 atom stereocenters. The Morgan fingerprint density at radius 3 is 2.29 bits per heavy atom. The SMILES string of the molecule is Cc1cc(C)c(C=CCC(N)N(C)C)cc1C. The van der Waals surface area contributed by atoms with Gasteiger partial charge < -0.3 is 5.73 Å². The van der Waals surface area contributed by atoms with E-state index in [1.807, 2.05) is 19.0 Å². The summed E-state index contributed by atoms with van der Waals surface area (Å²) < 4.78 is 0. The maximum absolute atomic E-state index is 5.95. The molecule has 0 amide bonds. The summed E-state index contributed by atoms with van der Waals surface area (Å²) in [6.07, 6.45) is 5.30. The predicted molar refractivity (Wildman–Crippen MR) is 76.0 cm³/mol. The minimum absolute atomic E-state index is 0.0955. The molecule has 0 aromatic heterocycles. The zero-order valence-corrected chi connectivity index (χ0v) is 11.6. The molecule has 1 aromatic rings. The quantitative estimate of drug-likeness (QED) is 0.809. The van der Waals surface area contributed by atoms with Crippen molar-refractivity contribution < 1.29 is 0 Å². The van der Waals surface area contributed by atoms with Crippen molar-refractivity contribution in [2.45, 2.75) is 33.4 Å². The van der Waals surface area contributed by atoms with Gasteiger partial charge in [0.05, 0.1) is 6.17 Å². The van der Waals surface area contributed by atoms with Gasteiger partial charge in [-0.05, 0) is 63.5 Å². The summed E-state index contributed by atoms with van der Waals surface area (Å²) in [6.45, 7) is 6.45. The molecule has 0 saturated carbocycles. The smallest absolute Gasteiger partial charge is 0.0602 e. The van der Waals surface area contributed by atoms with E-state index in [0.29, 0.717) is 0 Å². The highest BCUT2D eigenvalue weighted by Crippen LogP contribution is 2.16. The first-order valence-electron chi connectivity index (χ1n) is 6.08. The lowest BCUT2D eigenvalue weighted by Crippen LogP contribution is -2.35. The molecule has 2 N–H and O–H groups in total. The Morgan fingerprint density at radius 2 is 1.71 bits per heavy atom. The summed E-state index contributed by atoms with van der Waals surface area (Å²) in [7, 11) is 4.00. The van der Waals surface area contributed by atoms with Gasteiger partial charge in [0.15, 0.2) is 0 Å². The molecule has 0 radical (unpaired) electrons. The third-order valence-corrected chi connectivity index (χ3v) is 3.22. The van der Waals surface area contributed by atoms with Gasteiger partial charge in [0.2, 0.25) is 0 Å². The molecule has 2 heteroatoms. The van der Waals surface area contributed by atoms with Gasteiger partial charge in [-0.25, -0.2) is 0 Å². The Balaban J connectivity index is 2.75. The molecular weight excluding hydrogens is 208 g/mol. The van der Waals surface area contributed by atoms with E-state index in [-0.39, 0.29) is 6.17 Å². The summed E-state index contributed by atoms with van der Waals surface area (Å²) in [5.41, 5.74) is 11.3. The minimum atomic E-state index is 0.0955. The lowest BCUT2D eigenvalue weighted by molar-refractivity contribution is 0.303. The van der Waals surface area contributed by atoms with Crippen molar-refractivity contribution in [3.63, 3.8) is 0 Å². The van der Waals surface area contributed by atoms with Crippen LogP contribution >= 0.6 is 0 Å². The molecule has 0 fully saturated rings. The second-order valence-corrected chi connectivity index (χ2v) is 4.96. The van der Waals surface area contributed by atoms with Crippen molar-refractivity contribution in [1.29, 1.82) is 0 Å². The summed E-state index contributed by atoms with van der Waals surface area (Å²) in [4.78, 5) is 2.03. The number of aryl methyl sites for hydroxylation is 3. The zero-order valence-electron chi connectivity index (χ0n) is 11.6. The molecule has 0 aliphatic rings. The average molecular weight is 232 g/mol. The molecule has 17 heavy (non-hydrogen) atoms. The van der Waals surface area contributed by atoms with Gasteiger partial charge in [0, 0.05) is 0 Å². The molecule has 2 nitrogen and oxygen atoms in total. The first-order chi connectivity index (χ1) is 7.91. The van der Waals surface area contributed by atoms with Crippen LogP contribution in [0.1, 0.15) is 28.7 Å². The van der Waals surface area contributed by atoms with Crippen LogP contribution < -0.4 is 5.73 Å². The molecule has 0 aliphatic carbocycles. The van der Waals surface area contributed by atoms with Gasteiger partial charge >= 0.3 is 0 Å². The minimum Gasteiger partial charge on any atom is -0.315 e. The first-order valence-corrected chi connectivity index (χ1v) is 6.08. The average Bonchev–Trinajstić information content (AvgIpc) is 2.25. The van der Waals surface area contributed by atoms with Crippen LogP contribution in [0, 0.1) is 20.8 Å². The van der Waals surface area contributed by atoms with E-state index in [0.717, 1.165) is 6.42 Å². The number of hydrogen-bond acceptors (Lipinski definition) is 2. The standard InChI is InChI=1S/C15H24N2/c1-11-9-13(3)14(10-12(11)2)7-6-8-15(16)17(4)5/h6-7,9-10,15H,8,16H2,1-5H3. The van der Waals surface area contributed by atoms with Gasteiger partial charge in [-0.15, -0.1) is 0 Å². The molecule has 1 unspecified atom stereocenters. The fraction of sp³-hybridized carbons (Fsp3) is 0.467. The monoisotopic (exact) mass is 232 g/mol. The molecule has 0 saturated heterocycles. The van der Waals surface area contributed by atoms with Crippen molar-refractivity contribution in [3.8, 4) is 0 Å². The molecule has 94 valence electrons. The van der Waals surface area contributed by atoms with Crippen LogP contribution in [0.25, 0.3) is 6.08 Å². The number of benzene rings is 1. The molecular formula is C15H24N2. The van der Waals surface area contributed by atoms with Gasteiger partial charge in [-0.3, -0.25) is 4.90 Å². The molecule has 0 spiro atoms. The number of nitrogens with zero attached hydrogens (tertiary/aromatic N) is 1. The van der Waals surface area contributed by atoms with Crippen LogP contribution in [0.3, 0.4) is 0 Å². The van der Waals surface area contributed by atoms with Gasteiger partial charge in [0.1, 0.15) is 0 Å². The first kappa shape index (κ1) is 13.9. The van der Waals surface area contributed by atoms with E-state index in [4.69, 9.17) is 5.73 Å². The van der Waals surface area contributed by atoms with Crippen molar-refractivity contribution in [3.05, 3.63) is 40.5 Å². The maximum atomic E-state index is 5.95. The third-order valence-electron chi connectivity index (χ3n) is 3.22. The predicted octanol–water partition coefficient (Wildman–Crippen LogP) is 2.86. The van der Waals surface area contributed by atoms with Crippen LogP contribution in [0.2, 0.25) is 0 Å². The van der Waals surface area contributed by atoms with E-state index in [9.17, 15) is 0 Å². The van der Waals surface area contributed by atoms with Crippen LogP contribution in [0.5, 0.6) is 0 Å². The second-order valence-electron chi connectivity index (χ2n) is 4.96. The van der Waals surface area contributed by atoms with E-state index in [1.54, 1.807) is 0 Å². The highest BCUT2D eigenvalue weighted by molar-refractivity contribution is 5.56. The van der Waals surface area contributed by atoms with Crippen LogP contribution in [-0.2, 0) is 0 Å². The molecule has 1 rings (SSSR count). The molecule has 0 heterocycles. The summed E-state index contributed by atoms with van der Waals surface area (Å²) >= 11 is 0. The highest BCUT2D eigenvalue weighted by Gasteiger charge is 2.02. The van der Waals surface area contributed by atoms with Crippen LogP contribution in [-0.4, -0.2) is 25.2 Å². The van der Waals surface area contributed by atoms with E-state index >= 15 is 0 Å². The van der Waals surface area contributed by atoms with Crippen molar-refractivity contribution in [2.75, 3.05) is 14.1 Å². The van der Waals surface area contributed by atoms with Gasteiger partial charge in [-0.2, -0.15) is 0 Å². The number of rotatable bonds is 4. The Morgan fingerprint density at radius 1 is 1.12 bits per heavy atom. The molecule has 0 bridgehead atoms. The third kappa shape index (κ3) is 3.99. The summed E-state index contributed by atoms with van der Waals surface area (Å²) in [5.74, 6) is 0. The molecule has 1 aromatic carbocycles. The number of hydrogen-bond donors (Lipinski definition) is 1. The Hall–Kier alpha value is -1.12. The van der Waals surface area contributed by atoms with Gasteiger partial charge in [0.25, 0.3) is 0 Å². The topological polar surface area (TPSA) is 29.3 Å². The summed E-state index contributed by atoms with van der Waals surface area (Å²) in [6, 6.07) is 4.48. The van der Waals surface area contributed by atoms with Crippen LogP contribution in [0.4, 0.5) is 0 Å². The highest BCUT2D eigenvalue weighted by atomic mass is 15.2. The van der Waals surface area contributed by atoms with E-state index in [2.05, 4.69) is 45.1 Å². The second kappa shape index (κ2) is 5.99. The normalized spacial score (nSPS) is 13.6. The fourth-order valence-corrected chi connectivity index (χ4v) is 1.71. The molecule has 0 aliphatic heterocycles. The Kier molecular flexibility index (Phi) is 4.91. The lowest BCUT2D eigenvalue weighted by atomic mass is 10.0. The van der Waals surface area contributed by atoms with E-state index in [1.165, 1.54) is 22.3 Å². The van der Waals surface area contributed by atoms with Crippen molar-refractivity contribution >= 4 is 6.08 Å². The fourth-order valence-electron chi connectivity index (χ4n) is 1.71. The van der Waals surface area contributed by atoms with Crippen LogP contribution in [0.15, 0.2) is 18.2 Å². The van der Waals surface area contributed by atoms with Gasteiger partial charge in [-0.1, -0.05) is 24.3 Å². The zero-order chi connectivity index (χ0) is 13.0.